The number of nitrogens with zero attached hydrogens (tertiary/aromatic N) is 2. The third-order valence-electron chi connectivity index (χ3n) is 3.89. The number of nitrogens with one attached hydrogen (secondary N) is 2. The molecular weight excluding hydrogens is 428 g/mol. The average molecular weight is 447 g/mol. The van der Waals surface area contributed by atoms with E-state index in [4.69, 9.17) is 11.6 Å². The Kier molecular flexibility index (Phi) is 7.62. The normalized spacial score (nSPS) is 10.6. The van der Waals surface area contributed by atoms with Crippen molar-refractivity contribution in [3.8, 4) is 0 Å². The van der Waals surface area contributed by atoms with E-state index < -0.39 is 0 Å². The molecule has 0 aliphatic rings. The monoisotopic (exact) mass is 446 g/mol. The number of amides is 2. The predicted molar refractivity (Wildman–Crippen MR) is 119 cm³/mol. The quantitative estimate of drug-likeness (QED) is 0.538. The van der Waals surface area contributed by atoms with Gasteiger partial charge in [-0.1, -0.05) is 53.3 Å². The van der Waals surface area contributed by atoms with Crippen molar-refractivity contribution in [2.45, 2.75) is 19.2 Å². The van der Waals surface area contributed by atoms with E-state index in [9.17, 15) is 9.59 Å². The fourth-order valence-electron chi connectivity index (χ4n) is 2.42. The molecule has 3 aromatic rings. The number of thioether (sulfide) groups is 1. The summed E-state index contributed by atoms with van der Waals surface area (Å²) in [6.45, 7) is 2.36. The van der Waals surface area contributed by atoms with Gasteiger partial charge in [-0.2, -0.15) is 0 Å². The van der Waals surface area contributed by atoms with Crippen LogP contribution in [0.1, 0.15) is 25.9 Å². The zero-order chi connectivity index (χ0) is 20.6. The number of anilines is 1. The van der Waals surface area contributed by atoms with Gasteiger partial charge < -0.3 is 10.6 Å². The standard InChI is InChI=1S/C20H19ClN4O2S2/c1-13-5-2-3-8-16(13)23-19(27)20-25-24-18(29-20)12-28-11-17(26)22-10-14-6-4-7-15(21)9-14/h2-9H,10-12H2,1H3,(H,22,26)(H,23,27). The summed E-state index contributed by atoms with van der Waals surface area (Å²) in [5.41, 5.74) is 2.68. The highest BCUT2D eigenvalue weighted by Gasteiger charge is 2.14. The summed E-state index contributed by atoms with van der Waals surface area (Å²) in [5.74, 6) is 0.453. The lowest BCUT2D eigenvalue weighted by atomic mass is 10.2. The highest BCUT2D eigenvalue weighted by atomic mass is 35.5. The summed E-state index contributed by atoms with van der Waals surface area (Å²) < 4.78 is 0. The summed E-state index contributed by atoms with van der Waals surface area (Å²) in [4.78, 5) is 24.3. The van der Waals surface area contributed by atoms with Gasteiger partial charge in [0.05, 0.1) is 5.75 Å². The zero-order valence-electron chi connectivity index (χ0n) is 15.6. The first kappa shape index (κ1) is 21.3. The Morgan fingerprint density at radius 1 is 1.14 bits per heavy atom. The molecule has 1 aromatic heterocycles. The largest absolute Gasteiger partial charge is 0.351 e. The van der Waals surface area contributed by atoms with Gasteiger partial charge in [0.2, 0.25) is 10.9 Å². The Morgan fingerprint density at radius 2 is 1.97 bits per heavy atom. The van der Waals surface area contributed by atoms with Gasteiger partial charge in [-0.15, -0.1) is 22.0 Å². The molecule has 0 atom stereocenters. The molecule has 3 rings (SSSR count). The molecule has 2 aromatic carbocycles. The van der Waals surface area contributed by atoms with Crippen LogP contribution in [0.3, 0.4) is 0 Å². The van der Waals surface area contributed by atoms with Gasteiger partial charge in [0.25, 0.3) is 5.91 Å². The Hall–Kier alpha value is -2.42. The highest BCUT2D eigenvalue weighted by molar-refractivity contribution is 7.99. The van der Waals surface area contributed by atoms with E-state index in [0.29, 0.717) is 33.1 Å². The number of hydrogen-bond donors (Lipinski definition) is 2. The third-order valence-corrected chi connectivity index (χ3v) is 6.18. The van der Waals surface area contributed by atoms with Crippen LogP contribution in [0.5, 0.6) is 0 Å². The van der Waals surface area contributed by atoms with Crippen LogP contribution in [-0.4, -0.2) is 27.8 Å². The molecule has 9 heteroatoms. The number of hydrogen-bond acceptors (Lipinski definition) is 6. The number of para-hydroxylation sites is 1. The minimum atomic E-state index is -0.285. The lowest BCUT2D eigenvalue weighted by molar-refractivity contribution is -0.118. The van der Waals surface area contributed by atoms with Crippen molar-refractivity contribution >= 4 is 52.2 Å². The van der Waals surface area contributed by atoms with Gasteiger partial charge in [-0.05, 0) is 36.2 Å². The molecule has 2 N–H and O–H groups in total. The van der Waals surface area contributed by atoms with Crippen LogP contribution in [0.4, 0.5) is 5.69 Å². The van der Waals surface area contributed by atoms with Gasteiger partial charge >= 0.3 is 0 Å². The zero-order valence-corrected chi connectivity index (χ0v) is 18.0. The minimum Gasteiger partial charge on any atom is -0.351 e. The number of aromatic nitrogens is 2. The van der Waals surface area contributed by atoms with Crippen molar-refractivity contribution in [2.24, 2.45) is 0 Å². The lowest BCUT2D eigenvalue weighted by Gasteiger charge is -2.05. The van der Waals surface area contributed by atoms with E-state index >= 15 is 0 Å². The fourth-order valence-corrected chi connectivity index (χ4v) is 4.27. The maximum atomic E-state index is 12.3. The van der Waals surface area contributed by atoms with Crippen LogP contribution in [0, 0.1) is 6.92 Å². The van der Waals surface area contributed by atoms with Crippen molar-refractivity contribution in [3.63, 3.8) is 0 Å². The molecule has 0 fully saturated rings. The van der Waals surface area contributed by atoms with Crippen molar-refractivity contribution in [1.82, 2.24) is 15.5 Å². The molecule has 29 heavy (non-hydrogen) atoms. The lowest BCUT2D eigenvalue weighted by Crippen LogP contribution is -2.24. The van der Waals surface area contributed by atoms with E-state index in [2.05, 4.69) is 20.8 Å². The number of benzene rings is 2. The third kappa shape index (κ3) is 6.56. The van der Waals surface area contributed by atoms with Crippen molar-refractivity contribution in [3.05, 3.63) is 74.7 Å². The van der Waals surface area contributed by atoms with E-state index in [-0.39, 0.29) is 11.8 Å². The molecule has 0 aliphatic heterocycles. The smallest absolute Gasteiger partial charge is 0.286 e. The molecule has 0 unspecified atom stereocenters. The second-order valence-electron chi connectivity index (χ2n) is 6.17. The Balaban J connectivity index is 1.42. The summed E-state index contributed by atoms with van der Waals surface area (Å²) in [5, 5.41) is 15.3. The van der Waals surface area contributed by atoms with E-state index in [1.165, 1.54) is 23.1 Å². The molecule has 0 spiro atoms. The van der Waals surface area contributed by atoms with Crippen LogP contribution in [0.15, 0.2) is 48.5 Å². The van der Waals surface area contributed by atoms with E-state index in [0.717, 1.165) is 16.8 Å². The first-order chi connectivity index (χ1) is 14.0. The number of aryl methyl sites for hydroxylation is 1. The molecule has 1 heterocycles. The summed E-state index contributed by atoms with van der Waals surface area (Å²) in [6.07, 6.45) is 0. The number of carbonyl (C=O) groups is 2. The topological polar surface area (TPSA) is 84.0 Å². The average Bonchev–Trinajstić information content (AvgIpc) is 3.17. The van der Waals surface area contributed by atoms with Crippen molar-refractivity contribution < 1.29 is 9.59 Å². The summed E-state index contributed by atoms with van der Waals surface area (Å²) in [7, 11) is 0. The molecule has 0 bridgehead atoms. The van der Waals surface area contributed by atoms with Gasteiger partial charge in [0.15, 0.2) is 0 Å². The number of rotatable bonds is 8. The maximum absolute atomic E-state index is 12.3. The SMILES string of the molecule is Cc1ccccc1NC(=O)c1nnc(CSCC(=O)NCc2cccc(Cl)c2)s1. The Bertz CT molecular complexity index is 1010. The van der Waals surface area contributed by atoms with Crippen molar-refractivity contribution in [1.29, 1.82) is 0 Å². The molecule has 6 nitrogen and oxygen atoms in total. The Morgan fingerprint density at radius 3 is 2.76 bits per heavy atom. The van der Waals surface area contributed by atoms with Crippen LogP contribution in [0.2, 0.25) is 5.02 Å². The molecule has 0 saturated heterocycles. The van der Waals surface area contributed by atoms with Crippen LogP contribution >= 0.6 is 34.7 Å². The molecule has 0 aliphatic carbocycles. The summed E-state index contributed by atoms with van der Waals surface area (Å²) in [6, 6.07) is 14.9. The van der Waals surface area contributed by atoms with Gasteiger partial charge in [0, 0.05) is 23.0 Å². The minimum absolute atomic E-state index is 0.0722. The number of halogens is 1. The molecule has 0 saturated carbocycles. The predicted octanol–water partition coefficient (Wildman–Crippen LogP) is 4.30. The second kappa shape index (κ2) is 10.4. The Labute approximate surface area is 182 Å². The summed E-state index contributed by atoms with van der Waals surface area (Å²) >= 11 is 8.58. The van der Waals surface area contributed by atoms with E-state index in [1.54, 1.807) is 6.07 Å². The first-order valence-electron chi connectivity index (χ1n) is 8.79. The van der Waals surface area contributed by atoms with Crippen LogP contribution < -0.4 is 10.6 Å². The molecule has 2 amide bonds. The maximum Gasteiger partial charge on any atom is 0.286 e. The van der Waals surface area contributed by atoms with Gasteiger partial charge in [0.1, 0.15) is 5.01 Å². The van der Waals surface area contributed by atoms with Crippen LogP contribution in [0.25, 0.3) is 0 Å². The first-order valence-corrected chi connectivity index (χ1v) is 11.1. The molecule has 0 radical (unpaired) electrons. The van der Waals surface area contributed by atoms with Crippen molar-refractivity contribution in [2.75, 3.05) is 11.1 Å². The van der Waals surface area contributed by atoms with E-state index in [1.807, 2.05) is 49.4 Å². The molecular formula is C20H19ClN4O2S2. The fraction of sp³-hybridized carbons (Fsp3) is 0.200. The van der Waals surface area contributed by atoms with Gasteiger partial charge in [-0.3, -0.25) is 9.59 Å². The highest BCUT2D eigenvalue weighted by Crippen LogP contribution is 2.19. The van der Waals surface area contributed by atoms with Gasteiger partial charge in [-0.25, -0.2) is 0 Å². The number of carbonyl (C=O) groups excluding carboxylic acids is 2. The second-order valence-corrected chi connectivity index (χ2v) is 8.65. The molecule has 150 valence electrons. The van der Waals surface area contributed by atoms with Crippen LogP contribution in [-0.2, 0) is 17.1 Å².